The van der Waals surface area contributed by atoms with Gasteiger partial charge in [-0.05, 0) is 38.0 Å². The summed E-state index contributed by atoms with van der Waals surface area (Å²) in [5.74, 6) is -0.254. The van der Waals surface area contributed by atoms with Gasteiger partial charge in [0.05, 0.1) is 19.3 Å². The third kappa shape index (κ3) is 4.66. The molecule has 1 aromatic carbocycles. The SMILES string of the molecule is COc1ccc(F)c(CN2CCCC(O)(CNCCn3cc(C)nn3)C2=O)c1. The molecule has 0 saturated carbocycles. The lowest BCUT2D eigenvalue weighted by atomic mass is 9.91. The van der Waals surface area contributed by atoms with Crippen molar-refractivity contribution in [3.63, 3.8) is 0 Å². The van der Waals surface area contributed by atoms with Crippen molar-refractivity contribution in [1.29, 1.82) is 0 Å². The van der Waals surface area contributed by atoms with Crippen LogP contribution in [0, 0.1) is 12.7 Å². The van der Waals surface area contributed by atoms with Crippen molar-refractivity contribution in [2.75, 3.05) is 26.7 Å². The Balaban J connectivity index is 1.57. The number of hydrogen-bond acceptors (Lipinski definition) is 6. The summed E-state index contributed by atoms with van der Waals surface area (Å²) in [6.45, 7) is 3.71. The third-order valence-electron chi connectivity index (χ3n) is 4.91. The predicted molar refractivity (Wildman–Crippen MR) is 100 cm³/mol. The number of likely N-dealkylation sites (tertiary alicyclic amines) is 1. The molecule has 1 saturated heterocycles. The molecule has 1 aromatic heterocycles. The van der Waals surface area contributed by atoms with Crippen LogP contribution in [0.3, 0.4) is 0 Å². The molecule has 0 bridgehead atoms. The van der Waals surface area contributed by atoms with Crippen LogP contribution in [0.4, 0.5) is 4.39 Å². The van der Waals surface area contributed by atoms with Crippen LogP contribution in [0.25, 0.3) is 0 Å². The minimum Gasteiger partial charge on any atom is -0.497 e. The Hall–Kier alpha value is -2.52. The van der Waals surface area contributed by atoms with Gasteiger partial charge in [0, 0.05) is 37.9 Å². The van der Waals surface area contributed by atoms with Gasteiger partial charge in [0.25, 0.3) is 5.91 Å². The quantitative estimate of drug-likeness (QED) is 0.649. The molecule has 9 heteroatoms. The van der Waals surface area contributed by atoms with Crippen LogP contribution in [-0.4, -0.2) is 63.3 Å². The fourth-order valence-corrected chi connectivity index (χ4v) is 3.38. The highest BCUT2D eigenvalue weighted by Gasteiger charge is 2.41. The fraction of sp³-hybridized carbons (Fsp3) is 0.526. The molecular weight excluding hydrogens is 365 g/mol. The molecule has 2 heterocycles. The fourth-order valence-electron chi connectivity index (χ4n) is 3.38. The van der Waals surface area contributed by atoms with Gasteiger partial charge in [-0.3, -0.25) is 9.48 Å². The number of piperidine rings is 1. The van der Waals surface area contributed by atoms with E-state index in [0.29, 0.717) is 43.8 Å². The number of carbonyl (C=O) groups is 1. The van der Waals surface area contributed by atoms with Crippen LogP contribution in [-0.2, 0) is 17.9 Å². The van der Waals surface area contributed by atoms with Crippen molar-refractivity contribution in [3.05, 3.63) is 41.5 Å². The summed E-state index contributed by atoms with van der Waals surface area (Å²) in [7, 11) is 1.51. The number of carbonyl (C=O) groups excluding carboxylic acids is 1. The third-order valence-corrected chi connectivity index (χ3v) is 4.91. The van der Waals surface area contributed by atoms with E-state index < -0.39 is 11.4 Å². The number of rotatable bonds is 8. The standard InChI is InChI=1S/C19H26FN5O3/c1-14-11-25(23-22-14)9-7-21-13-19(27)6-3-8-24(18(19)26)12-15-10-16(28-2)4-5-17(15)20/h4-5,10-11,21,27H,3,6-9,12-13H2,1-2H3. The number of amides is 1. The lowest BCUT2D eigenvalue weighted by Gasteiger charge is -2.38. The molecule has 0 radical (unpaired) electrons. The first kappa shape index (κ1) is 20.2. The summed E-state index contributed by atoms with van der Waals surface area (Å²) in [5.41, 5.74) is -0.292. The monoisotopic (exact) mass is 391 g/mol. The van der Waals surface area contributed by atoms with Crippen molar-refractivity contribution in [1.82, 2.24) is 25.2 Å². The Morgan fingerprint density at radius 1 is 1.43 bits per heavy atom. The first-order valence-corrected chi connectivity index (χ1v) is 9.33. The van der Waals surface area contributed by atoms with E-state index in [0.717, 1.165) is 5.69 Å². The Labute approximate surface area is 163 Å². The van der Waals surface area contributed by atoms with E-state index in [1.807, 2.05) is 13.1 Å². The van der Waals surface area contributed by atoms with Crippen molar-refractivity contribution >= 4 is 5.91 Å². The van der Waals surface area contributed by atoms with Gasteiger partial charge >= 0.3 is 0 Å². The van der Waals surface area contributed by atoms with E-state index in [1.165, 1.54) is 24.1 Å². The second kappa shape index (κ2) is 8.66. The summed E-state index contributed by atoms with van der Waals surface area (Å²) < 4.78 is 20.9. The molecule has 1 fully saturated rings. The summed E-state index contributed by atoms with van der Waals surface area (Å²) in [6, 6.07) is 4.44. The van der Waals surface area contributed by atoms with Gasteiger partial charge in [-0.2, -0.15) is 0 Å². The van der Waals surface area contributed by atoms with Crippen LogP contribution in [0.2, 0.25) is 0 Å². The zero-order chi connectivity index (χ0) is 20.1. The molecule has 0 spiro atoms. The van der Waals surface area contributed by atoms with Crippen molar-refractivity contribution in [2.24, 2.45) is 0 Å². The van der Waals surface area contributed by atoms with E-state index in [9.17, 15) is 14.3 Å². The first-order valence-electron chi connectivity index (χ1n) is 9.33. The number of nitrogens with zero attached hydrogens (tertiary/aromatic N) is 4. The number of ether oxygens (including phenoxy) is 1. The Kier molecular flexibility index (Phi) is 6.25. The summed E-state index contributed by atoms with van der Waals surface area (Å²) in [4.78, 5) is 14.3. The molecular formula is C19H26FN5O3. The van der Waals surface area contributed by atoms with Gasteiger partial charge in [-0.15, -0.1) is 5.10 Å². The predicted octanol–water partition coefficient (Wildman–Crippen LogP) is 0.878. The van der Waals surface area contributed by atoms with E-state index in [4.69, 9.17) is 4.74 Å². The minimum absolute atomic E-state index is 0.0996. The molecule has 152 valence electrons. The number of halogens is 1. The van der Waals surface area contributed by atoms with Crippen LogP contribution in [0.5, 0.6) is 5.75 Å². The molecule has 0 aliphatic carbocycles. The van der Waals surface area contributed by atoms with E-state index >= 15 is 0 Å². The van der Waals surface area contributed by atoms with Crippen LogP contribution >= 0.6 is 0 Å². The number of aliphatic hydroxyl groups is 1. The maximum Gasteiger partial charge on any atom is 0.256 e. The van der Waals surface area contributed by atoms with Crippen LogP contribution in [0.1, 0.15) is 24.1 Å². The average Bonchev–Trinajstić information content (AvgIpc) is 3.10. The summed E-state index contributed by atoms with van der Waals surface area (Å²) in [6.07, 6.45) is 2.85. The Morgan fingerprint density at radius 3 is 2.96 bits per heavy atom. The molecule has 2 N–H and O–H groups in total. The molecule has 1 unspecified atom stereocenters. The smallest absolute Gasteiger partial charge is 0.256 e. The molecule has 3 rings (SSSR count). The first-order chi connectivity index (χ1) is 13.4. The number of benzene rings is 1. The largest absolute Gasteiger partial charge is 0.497 e. The zero-order valence-electron chi connectivity index (χ0n) is 16.2. The van der Waals surface area contributed by atoms with Gasteiger partial charge in [0.1, 0.15) is 11.6 Å². The number of methoxy groups -OCH3 is 1. The van der Waals surface area contributed by atoms with Gasteiger partial charge in [-0.1, -0.05) is 5.21 Å². The summed E-state index contributed by atoms with van der Waals surface area (Å²) in [5, 5.41) is 21.8. The average molecular weight is 391 g/mol. The molecule has 1 atom stereocenters. The zero-order valence-corrected chi connectivity index (χ0v) is 16.2. The highest BCUT2D eigenvalue weighted by molar-refractivity contribution is 5.86. The normalized spacial score (nSPS) is 19.9. The van der Waals surface area contributed by atoms with E-state index in [2.05, 4.69) is 15.6 Å². The van der Waals surface area contributed by atoms with Gasteiger partial charge < -0.3 is 20.1 Å². The van der Waals surface area contributed by atoms with Crippen molar-refractivity contribution < 1.29 is 19.0 Å². The van der Waals surface area contributed by atoms with Crippen molar-refractivity contribution in [2.45, 2.75) is 38.5 Å². The number of hydrogen-bond donors (Lipinski definition) is 2. The minimum atomic E-state index is -1.49. The molecule has 2 aromatic rings. The van der Waals surface area contributed by atoms with Crippen LogP contribution in [0.15, 0.2) is 24.4 Å². The van der Waals surface area contributed by atoms with Gasteiger partial charge in [0.15, 0.2) is 5.60 Å². The lowest BCUT2D eigenvalue weighted by molar-refractivity contribution is -0.157. The van der Waals surface area contributed by atoms with Gasteiger partial charge in [0.2, 0.25) is 0 Å². The number of nitrogens with one attached hydrogen (secondary N) is 1. The molecule has 1 amide bonds. The van der Waals surface area contributed by atoms with E-state index in [1.54, 1.807) is 10.7 Å². The lowest BCUT2D eigenvalue weighted by Crippen LogP contribution is -2.57. The Morgan fingerprint density at radius 2 is 2.25 bits per heavy atom. The highest BCUT2D eigenvalue weighted by Crippen LogP contribution is 2.25. The molecule has 8 nitrogen and oxygen atoms in total. The number of aryl methyl sites for hydroxylation is 1. The van der Waals surface area contributed by atoms with E-state index in [-0.39, 0.29) is 19.0 Å². The number of aromatic nitrogens is 3. The molecule has 1 aliphatic heterocycles. The maximum atomic E-state index is 14.1. The topological polar surface area (TPSA) is 92.5 Å². The van der Waals surface area contributed by atoms with Crippen LogP contribution < -0.4 is 10.1 Å². The second-order valence-electron chi connectivity index (χ2n) is 7.12. The van der Waals surface area contributed by atoms with Gasteiger partial charge in [-0.25, -0.2) is 4.39 Å². The second-order valence-corrected chi connectivity index (χ2v) is 7.12. The molecule has 1 aliphatic rings. The van der Waals surface area contributed by atoms with Crippen molar-refractivity contribution in [3.8, 4) is 5.75 Å². The molecule has 28 heavy (non-hydrogen) atoms. The highest BCUT2D eigenvalue weighted by atomic mass is 19.1. The Bertz CT molecular complexity index is 828. The summed E-state index contributed by atoms with van der Waals surface area (Å²) >= 11 is 0. The maximum absolute atomic E-state index is 14.1.